The Balaban J connectivity index is 1.43. The standard InChI is InChI=1S/C38H51N7O10/c1-25(53-24-28-22-44(43-42-28)20-18-39-35(50)54-23-27-11-8-7-9-12-27)31(41-36(51)55-37(2,3)4)32(46)40-30(21-26-13-15-29(52-6)16-14-26)33(47)45-19-10-17-38(45,5)34(48)49/h7-9,11-16,22,25,30-31H,10,17-21,23-24H2,1-6H3,(H,39,50)(H,40,46)(H,41,51)(H,48,49)/t25-,30+,31+,38+/m1/s1. The summed E-state index contributed by atoms with van der Waals surface area (Å²) < 4.78 is 23.4. The minimum Gasteiger partial charge on any atom is -0.497 e. The van der Waals surface area contributed by atoms with Crippen molar-refractivity contribution in [3.8, 4) is 5.75 Å². The molecule has 4 atom stereocenters. The highest BCUT2D eigenvalue weighted by Crippen LogP contribution is 2.30. The molecule has 0 spiro atoms. The van der Waals surface area contributed by atoms with Crippen molar-refractivity contribution in [3.63, 3.8) is 0 Å². The van der Waals surface area contributed by atoms with Crippen molar-refractivity contribution < 1.29 is 48.0 Å². The summed E-state index contributed by atoms with van der Waals surface area (Å²) in [6.07, 6.45) is -0.0723. The van der Waals surface area contributed by atoms with E-state index in [4.69, 9.17) is 18.9 Å². The summed E-state index contributed by atoms with van der Waals surface area (Å²) in [5.74, 6) is -1.88. The monoisotopic (exact) mass is 765 g/mol. The van der Waals surface area contributed by atoms with Crippen molar-refractivity contribution in [2.24, 2.45) is 0 Å². The van der Waals surface area contributed by atoms with Gasteiger partial charge in [-0.25, -0.2) is 14.4 Å². The Bertz CT molecular complexity index is 1760. The maximum Gasteiger partial charge on any atom is 0.408 e. The van der Waals surface area contributed by atoms with Gasteiger partial charge in [0.05, 0.1) is 32.6 Å². The van der Waals surface area contributed by atoms with Gasteiger partial charge in [0, 0.05) is 19.5 Å². The number of nitrogens with one attached hydrogen (secondary N) is 3. The normalized spacial score (nSPS) is 17.0. The average Bonchev–Trinajstić information content (AvgIpc) is 3.78. The number of carboxylic acid groups (broad SMARTS) is 1. The van der Waals surface area contributed by atoms with Crippen LogP contribution in [0, 0.1) is 0 Å². The van der Waals surface area contributed by atoms with Gasteiger partial charge >= 0.3 is 18.2 Å². The molecule has 1 aromatic heterocycles. The number of aliphatic carboxylic acids is 1. The van der Waals surface area contributed by atoms with Crippen molar-refractivity contribution in [2.45, 2.75) is 103 Å². The van der Waals surface area contributed by atoms with Gasteiger partial charge in [0.2, 0.25) is 11.8 Å². The lowest BCUT2D eigenvalue weighted by Gasteiger charge is -2.35. The molecule has 3 aromatic rings. The number of carbonyl (C=O) groups is 5. The first-order valence-electron chi connectivity index (χ1n) is 18.0. The van der Waals surface area contributed by atoms with Crippen molar-refractivity contribution >= 4 is 30.0 Å². The molecular weight excluding hydrogens is 714 g/mol. The molecule has 0 radical (unpaired) electrons. The number of nitrogens with zero attached hydrogens (tertiary/aromatic N) is 4. The van der Waals surface area contributed by atoms with Crippen molar-refractivity contribution in [3.05, 3.63) is 77.6 Å². The molecule has 0 bridgehead atoms. The number of methoxy groups -OCH3 is 1. The van der Waals surface area contributed by atoms with Crippen LogP contribution in [0.3, 0.4) is 0 Å². The number of amides is 4. The SMILES string of the molecule is COc1ccc(C[C@H](NC(=O)[C@@H](NC(=O)OC(C)(C)C)[C@@H](C)OCc2cn(CCNC(=O)OCc3ccccc3)nn2)C(=O)N2CCC[C@@]2(C)C(=O)O)cc1. The Labute approximate surface area is 320 Å². The zero-order valence-electron chi connectivity index (χ0n) is 32.1. The van der Waals surface area contributed by atoms with E-state index < -0.39 is 59.3 Å². The number of carboxylic acids is 1. The average molecular weight is 766 g/mol. The highest BCUT2D eigenvalue weighted by Gasteiger charge is 2.48. The fraction of sp³-hybridized carbons (Fsp3) is 0.500. The lowest BCUT2D eigenvalue weighted by Crippen LogP contribution is -2.61. The Kier molecular flexibility index (Phi) is 14.6. The smallest absolute Gasteiger partial charge is 0.408 e. The Hall–Kier alpha value is -5.71. The molecule has 2 aromatic carbocycles. The minimum atomic E-state index is -1.45. The molecule has 17 nitrogen and oxygen atoms in total. The fourth-order valence-electron chi connectivity index (χ4n) is 5.89. The van der Waals surface area contributed by atoms with Crippen LogP contribution in [0.5, 0.6) is 5.75 Å². The van der Waals surface area contributed by atoms with Gasteiger partial charge in [-0.15, -0.1) is 5.10 Å². The lowest BCUT2D eigenvalue weighted by atomic mass is 9.97. The number of benzene rings is 2. The molecule has 1 fully saturated rings. The van der Waals surface area contributed by atoms with Crippen LogP contribution >= 0.6 is 0 Å². The molecule has 0 saturated carbocycles. The van der Waals surface area contributed by atoms with E-state index in [1.165, 1.54) is 23.6 Å². The first-order chi connectivity index (χ1) is 26.1. The van der Waals surface area contributed by atoms with Gasteiger partial charge in [-0.05, 0) is 70.7 Å². The minimum absolute atomic E-state index is 0.0257. The topological polar surface area (TPSA) is 213 Å². The number of hydrogen-bond acceptors (Lipinski definition) is 11. The highest BCUT2D eigenvalue weighted by molar-refractivity contribution is 5.94. The van der Waals surface area contributed by atoms with E-state index in [0.717, 1.165) is 5.56 Å². The molecule has 4 rings (SSSR count). The summed E-state index contributed by atoms with van der Waals surface area (Å²) in [6, 6.07) is 13.7. The second-order valence-corrected chi connectivity index (χ2v) is 14.4. The molecule has 2 heterocycles. The number of carbonyl (C=O) groups excluding carboxylic acids is 4. The molecule has 0 unspecified atom stereocenters. The molecular formula is C38H51N7O10. The van der Waals surface area contributed by atoms with Crippen LogP contribution in [0.15, 0.2) is 60.8 Å². The highest BCUT2D eigenvalue weighted by atomic mass is 16.6. The maximum atomic E-state index is 14.1. The van der Waals surface area contributed by atoms with Crippen LogP contribution in [-0.4, -0.2) is 104 Å². The van der Waals surface area contributed by atoms with Gasteiger partial charge in [0.15, 0.2) is 0 Å². The summed E-state index contributed by atoms with van der Waals surface area (Å²) >= 11 is 0. The van der Waals surface area contributed by atoms with E-state index in [2.05, 4.69) is 26.3 Å². The first kappa shape index (κ1) is 42.0. The third-order valence-corrected chi connectivity index (χ3v) is 8.91. The fourth-order valence-corrected chi connectivity index (χ4v) is 5.89. The quantitative estimate of drug-likeness (QED) is 0.156. The van der Waals surface area contributed by atoms with E-state index in [0.29, 0.717) is 23.4 Å². The van der Waals surface area contributed by atoms with Crippen LogP contribution in [0.1, 0.15) is 64.3 Å². The van der Waals surface area contributed by atoms with Gasteiger partial charge < -0.3 is 44.9 Å². The second kappa shape index (κ2) is 19.1. The second-order valence-electron chi connectivity index (χ2n) is 14.4. The van der Waals surface area contributed by atoms with Gasteiger partial charge in [0.25, 0.3) is 0 Å². The lowest BCUT2D eigenvalue weighted by molar-refractivity contribution is -0.156. The largest absolute Gasteiger partial charge is 0.497 e. The van der Waals surface area contributed by atoms with E-state index in [-0.39, 0.29) is 45.7 Å². The summed E-state index contributed by atoms with van der Waals surface area (Å²) in [5, 5.41) is 26.2. The molecule has 298 valence electrons. The van der Waals surface area contributed by atoms with Crippen LogP contribution < -0.4 is 20.7 Å². The molecule has 0 aliphatic carbocycles. The van der Waals surface area contributed by atoms with Crippen LogP contribution in [0.25, 0.3) is 0 Å². The molecule has 4 amide bonds. The van der Waals surface area contributed by atoms with Gasteiger partial charge in [-0.1, -0.05) is 47.7 Å². The predicted molar refractivity (Wildman–Crippen MR) is 198 cm³/mol. The third-order valence-electron chi connectivity index (χ3n) is 8.91. The van der Waals surface area contributed by atoms with Crippen LogP contribution in [-0.2, 0) is 54.8 Å². The molecule has 17 heteroatoms. The molecule has 55 heavy (non-hydrogen) atoms. The van der Waals surface area contributed by atoms with Crippen LogP contribution in [0.2, 0.25) is 0 Å². The van der Waals surface area contributed by atoms with E-state index >= 15 is 0 Å². The summed E-state index contributed by atoms with van der Waals surface area (Å²) in [5.41, 5.74) is -0.390. The number of rotatable bonds is 17. The third kappa shape index (κ3) is 12.4. The molecule has 4 N–H and O–H groups in total. The van der Waals surface area contributed by atoms with Gasteiger partial charge in [-0.2, -0.15) is 0 Å². The molecule has 1 aliphatic heterocycles. The Morgan fingerprint density at radius 2 is 1.67 bits per heavy atom. The Morgan fingerprint density at radius 3 is 2.33 bits per heavy atom. The summed E-state index contributed by atoms with van der Waals surface area (Å²) in [7, 11) is 1.53. The van der Waals surface area contributed by atoms with E-state index in [1.54, 1.807) is 58.2 Å². The number of alkyl carbamates (subject to hydrolysis) is 2. The number of hydrogen-bond donors (Lipinski definition) is 4. The molecule has 1 saturated heterocycles. The van der Waals surface area contributed by atoms with Crippen molar-refractivity contribution in [2.75, 3.05) is 20.2 Å². The maximum absolute atomic E-state index is 14.1. The van der Waals surface area contributed by atoms with Crippen molar-refractivity contribution in [1.82, 2.24) is 35.8 Å². The zero-order valence-corrected chi connectivity index (χ0v) is 32.1. The number of ether oxygens (including phenoxy) is 4. The predicted octanol–water partition coefficient (Wildman–Crippen LogP) is 3.20. The summed E-state index contributed by atoms with van der Waals surface area (Å²) in [4.78, 5) is 66.8. The zero-order chi connectivity index (χ0) is 40.2. The number of aromatic nitrogens is 3. The van der Waals surface area contributed by atoms with Crippen molar-refractivity contribution in [1.29, 1.82) is 0 Å². The van der Waals surface area contributed by atoms with Gasteiger partial charge in [-0.3, -0.25) is 14.3 Å². The van der Waals surface area contributed by atoms with Gasteiger partial charge in [0.1, 0.15) is 41.3 Å². The van der Waals surface area contributed by atoms with E-state index in [9.17, 15) is 29.1 Å². The van der Waals surface area contributed by atoms with Crippen LogP contribution in [0.4, 0.5) is 9.59 Å². The first-order valence-corrected chi connectivity index (χ1v) is 18.0. The Morgan fingerprint density at radius 1 is 0.964 bits per heavy atom. The number of likely N-dealkylation sites (tertiary alicyclic amines) is 1. The van der Waals surface area contributed by atoms with E-state index in [1.807, 2.05) is 30.3 Å². The molecule has 1 aliphatic rings. The summed E-state index contributed by atoms with van der Waals surface area (Å²) in [6.45, 7) is 8.82.